The molecule has 1 aliphatic heterocycles. The molecule has 0 N–H and O–H groups in total. The van der Waals surface area contributed by atoms with Crippen LogP contribution in [-0.2, 0) is 6.42 Å². The number of rotatable bonds is 4. The molecule has 0 bridgehead atoms. The van der Waals surface area contributed by atoms with Crippen LogP contribution < -0.4 is 0 Å². The number of piperazine rings is 1. The molecule has 0 amide bonds. The van der Waals surface area contributed by atoms with Crippen LogP contribution >= 0.6 is 11.3 Å². The van der Waals surface area contributed by atoms with E-state index in [9.17, 15) is 4.79 Å². The highest BCUT2D eigenvalue weighted by molar-refractivity contribution is 7.13. The molecule has 1 saturated heterocycles. The van der Waals surface area contributed by atoms with E-state index in [1.807, 2.05) is 0 Å². The Labute approximate surface area is 99.9 Å². The average molecular weight is 239 g/mol. The van der Waals surface area contributed by atoms with Crippen LogP contribution in [-0.4, -0.2) is 60.8 Å². The van der Waals surface area contributed by atoms with Crippen LogP contribution in [0.3, 0.4) is 0 Å². The molecule has 2 rings (SSSR count). The van der Waals surface area contributed by atoms with Gasteiger partial charge < -0.3 is 9.80 Å². The van der Waals surface area contributed by atoms with E-state index in [-0.39, 0.29) is 0 Å². The van der Waals surface area contributed by atoms with Gasteiger partial charge in [-0.1, -0.05) is 0 Å². The number of aromatic nitrogens is 1. The number of carbonyl (C=O) groups is 1. The second kappa shape index (κ2) is 5.52. The fourth-order valence-corrected chi connectivity index (χ4v) is 2.54. The first-order valence-corrected chi connectivity index (χ1v) is 6.40. The van der Waals surface area contributed by atoms with E-state index in [0.29, 0.717) is 0 Å². The molecule has 2 heterocycles. The highest BCUT2D eigenvalue weighted by atomic mass is 32.1. The number of likely N-dealkylation sites (N-methyl/N-ethyl adjacent to an activating group) is 1. The van der Waals surface area contributed by atoms with E-state index in [1.165, 1.54) is 11.3 Å². The van der Waals surface area contributed by atoms with Crippen molar-refractivity contribution in [2.24, 2.45) is 0 Å². The zero-order valence-corrected chi connectivity index (χ0v) is 10.4. The largest absolute Gasteiger partial charge is 0.304 e. The summed E-state index contributed by atoms with van der Waals surface area (Å²) in [5, 5.41) is 1.07. The highest BCUT2D eigenvalue weighted by Crippen LogP contribution is 2.12. The summed E-state index contributed by atoms with van der Waals surface area (Å²) in [5.74, 6) is 0. The molecule has 0 aliphatic carbocycles. The predicted molar refractivity (Wildman–Crippen MR) is 65.1 cm³/mol. The first kappa shape index (κ1) is 11.7. The van der Waals surface area contributed by atoms with Crippen LogP contribution in [0, 0.1) is 0 Å². The van der Waals surface area contributed by atoms with Crippen molar-refractivity contribution in [1.29, 1.82) is 0 Å². The van der Waals surface area contributed by atoms with Crippen LogP contribution in [0.15, 0.2) is 6.20 Å². The van der Waals surface area contributed by atoms with Crippen LogP contribution in [0.4, 0.5) is 0 Å². The van der Waals surface area contributed by atoms with E-state index in [0.717, 1.165) is 55.3 Å². The lowest BCUT2D eigenvalue weighted by molar-refractivity contribution is 0.112. The van der Waals surface area contributed by atoms with Gasteiger partial charge in [-0.2, -0.15) is 0 Å². The molecule has 1 aromatic rings. The number of hydrogen-bond donors (Lipinski definition) is 0. The van der Waals surface area contributed by atoms with E-state index < -0.39 is 0 Å². The summed E-state index contributed by atoms with van der Waals surface area (Å²) in [5.41, 5.74) is 0. The van der Waals surface area contributed by atoms with Gasteiger partial charge in [0.1, 0.15) is 0 Å². The molecule has 0 atom stereocenters. The number of hydrogen-bond acceptors (Lipinski definition) is 5. The lowest BCUT2D eigenvalue weighted by Crippen LogP contribution is -2.45. The molecule has 0 radical (unpaired) electrons. The summed E-state index contributed by atoms with van der Waals surface area (Å²) in [6.07, 6.45) is 3.50. The van der Waals surface area contributed by atoms with Crippen molar-refractivity contribution in [3.63, 3.8) is 0 Å². The molecule has 4 nitrogen and oxygen atoms in total. The van der Waals surface area contributed by atoms with Crippen LogP contribution in [0.2, 0.25) is 0 Å². The summed E-state index contributed by atoms with van der Waals surface area (Å²) >= 11 is 1.51. The van der Waals surface area contributed by atoms with Crippen LogP contribution in [0.1, 0.15) is 14.7 Å². The Kier molecular flexibility index (Phi) is 4.04. The van der Waals surface area contributed by atoms with E-state index in [2.05, 4.69) is 21.8 Å². The molecule has 1 fully saturated rings. The van der Waals surface area contributed by atoms with Gasteiger partial charge in [-0.15, -0.1) is 11.3 Å². The Hall–Kier alpha value is -0.780. The zero-order valence-electron chi connectivity index (χ0n) is 9.56. The lowest BCUT2D eigenvalue weighted by Gasteiger charge is -2.32. The summed E-state index contributed by atoms with van der Waals surface area (Å²) < 4.78 is 0. The molecule has 1 aliphatic rings. The van der Waals surface area contributed by atoms with Gasteiger partial charge in [-0.3, -0.25) is 4.79 Å². The van der Waals surface area contributed by atoms with Gasteiger partial charge in [-0.05, 0) is 7.05 Å². The maximum absolute atomic E-state index is 10.5. The topological polar surface area (TPSA) is 36.4 Å². The summed E-state index contributed by atoms with van der Waals surface area (Å²) in [6.45, 7) is 5.64. The van der Waals surface area contributed by atoms with Crippen molar-refractivity contribution >= 4 is 17.6 Å². The van der Waals surface area contributed by atoms with Crippen molar-refractivity contribution in [3.05, 3.63) is 16.1 Å². The van der Waals surface area contributed by atoms with Crippen LogP contribution in [0.5, 0.6) is 0 Å². The summed E-state index contributed by atoms with van der Waals surface area (Å²) in [7, 11) is 2.16. The number of thiazole rings is 1. The van der Waals surface area contributed by atoms with Gasteiger partial charge in [0.05, 0.1) is 9.88 Å². The zero-order chi connectivity index (χ0) is 11.4. The number of aldehydes is 1. The minimum absolute atomic E-state index is 0.730. The second-order valence-electron chi connectivity index (χ2n) is 4.17. The Balaban J connectivity index is 1.76. The van der Waals surface area contributed by atoms with E-state index >= 15 is 0 Å². The van der Waals surface area contributed by atoms with Gasteiger partial charge in [0.15, 0.2) is 6.29 Å². The van der Waals surface area contributed by atoms with Crippen molar-refractivity contribution in [2.45, 2.75) is 6.42 Å². The van der Waals surface area contributed by atoms with Gasteiger partial charge in [0.2, 0.25) is 0 Å². The van der Waals surface area contributed by atoms with Crippen molar-refractivity contribution in [1.82, 2.24) is 14.8 Å². The van der Waals surface area contributed by atoms with Crippen LogP contribution in [0.25, 0.3) is 0 Å². The maximum Gasteiger partial charge on any atom is 0.161 e. The second-order valence-corrected chi connectivity index (χ2v) is 5.32. The summed E-state index contributed by atoms with van der Waals surface area (Å²) in [6, 6.07) is 0. The Morgan fingerprint density at radius 2 is 2.19 bits per heavy atom. The first-order valence-electron chi connectivity index (χ1n) is 5.59. The van der Waals surface area contributed by atoms with Gasteiger partial charge >= 0.3 is 0 Å². The lowest BCUT2D eigenvalue weighted by atomic mass is 10.3. The quantitative estimate of drug-likeness (QED) is 0.726. The van der Waals surface area contributed by atoms with E-state index in [1.54, 1.807) is 6.20 Å². The molecular weight excluding hydrogens is 222 g/mol. The molecular formula is C11H17N3OS. The predicted octanol–water partition coefficient (Wildman–Crippen LogP) is 0.745. The molecule has 0 unspecified atom stereocenters. The standard InChI is InChI=1S/C11H17N3OS/c1-13-4-6-14(7-5-13)3-2-11-12-8-10(9-15)16-11/h8-9H,2-7H2,1H3. The van der Waals surface area contributed by atoms with Crippen molar-refractivity contribution < 1.29 is 4.79 Å². The van der Waals surface area contributed by atoms with Gasteiger partial charge in [-0.25, -0.2) is 4.98 Å². The normalized spacial score (nSPS) is 18.8. The number of carbonyl (C=O) groups excluding carboxylic acids is 1. The Morgan fingerprint density at radius 3 is 2.81 bits per heavy atom. The van der Waals surface area contributed by atoms with Crippen molar-refractivity contribution in [2.75, 3.05) is 39.8 Å². The SMILES string of the molecule is CN1CCN(CCc2ncc(C=O)s2)CC1. The fraction of sp³-hybridized carbons (Fsp3) is 0.636. The Morgan fingerprint density at radius 1 is 1.44 bits per heavy atom. The Bertz CT molecular complexity index is 345. The molecule has 88 valence electrons. The number of nitrogens with zero attached hydrogens (tertiary/aromatic N) is 3. The smallest absolute Gasteiger partial charge is 0.161 e. The van der Waals surface area contributed by atoms with Crippen molar-refractivity contribution in [3.8, 4) is 0 Å². The first-order chi connectivity index (χ1) is 7.78. The molecule has 0 aromatic carbocycles. The maximum atomic E-state index is 10.5. The van der Waals surface area contributed by atoms with E-state index in [4.69, 9.17) is 0 Å². The molecule has 1 aromatic heterocycles. The highest BCUT2D eigenvalue weighted by Gasteiger charge is 2.13. The third-order valence-electron chi connectivity index (χ3n) is 2.93. The molecule has 5 heteroatoms. The fourth-order valence-electron chi connectivity index (χ4n) is 1.82. The summed E-state index contributed by atoms with van der Waals surface area (Å²) in [4.78, 5) is 20.3. The third kappa shape index (κ3) is 3.10. The van der Waals surface area contributed by atoms with Gasteiger partial charge in [0, 0.05) is 45.3 Å². The average Bonchev–Trinajstić information content (AvgIpc) is 2.76. The molecule has 0 saturated carbocycles. The monoisotopic (exact) mass is 239 g/mol. The van der Waals surface area contributed by atoms with Gasteiger partial charge in [0.25, 0.3) is 0 Å². The minimum atomic E-state index is 0.730. The molecule has 16 heavy (non-hydrogen) atoms. The molecule has 0 spiro atoms. The third-order valence-corrected chi connectivity index (χ3v) is 3.91. The minimum Gasteiger partial charge on any atom is -0.304 e.